The second-order valence-corrected chi connectivity index (χ2v) is 4.45. The van der Waals surface area contributed by atoms with Gasteiger partial charge in [0.25, 0.3) is 5.91 Å². The fraction of sp³-hybridized carbons (Fsp3) is 0.188. The fourth-order valence-electron chi connectivity index (χ4n) is 1.85. The lowest BCUT2D eigenvalue weighted by Crippen LogP contribution is -2.15. The molecule has 0 saturated heterocycles. The Balaban J connectivity index is 1.83. The summed E-state index contributed by atoms with van der Waals surface area (Å²) in [6.45, 7) is 0.907. The Labute approximate surface area is 123 Å². The van der Waals surface area contributed by atoms with Crippen molar-refractivity contribution in [3.05, 3.63) is 54.1 Å². The minimum atomic E-state index is -0.558. The molecule has 0 atom stereocenters. The van der Waals surface area contributed by atoms with Gasteiger partial charge in [0, 0.05) is 6.42 Å². The average Bonchev–Trinajstić information content (AvgIpc) is 2.49. The molecule has 5 heteroatoms. The molecule has 2 aromatic carbocycles. The summed E-state index contributed by atoms with van der Waals surface area (Å²) in [6.07, 6.45) is 0.668. The van der Waals surface area contributed by atoms with Gasteiger partial charge in [0.1, 0.15) is 5.75 Å². The molecular formula is C16H18N2O3. The smallest absolute Gasteiger partial charge is 0.252 e. The van der Waals surface area contributed by atoms with Crippen LogP contribution in [0.2, 0.25) is 0 Å². The summed E-state index contributed by atoms with van der Waals surface area (Å²) in [7, 11) is 0. The number of rotatable bonds is 7. The van der Waals surface area contributed by atoms with Gasteiger partial charge in [-0.1, -0.05) is 24.3 Å². The van der Waals surface area contributed by atoms with Crippen molar-refractivity contribution < 1.29 is 14.3 Å². The molecule has 0 unspecified atom stereocenters. The zero-order valence-corrected chi connectivity index (χ0v) is 11.6. The summed E-state index contributed by atoms with van der Waals surface area (Å²) >= 11 is 0. The molecule has 4 N–H and O–H groups in total. The van der Waals surface area contributed by atoms with Gasteiger partial charge in [-0.2, -0.15) is 0 Å². The van der Waals surface area contributed by atoms with E-state index in [0.717, 1.165) is 5.75 Å². The van der Waals surface area contributed by atoms with Crippen molar-refractivity contribution in [1.82, 2.24) is 0 Å². The van der Waals surface area contributed by atoms with Crippen molar-refractivity contribution in [2.24, 2.45) is 5.73 Å². The van der Waals surface area contributed by atoms with E-state index in [1.54, 1.807) is 18.2 Å². The van der Waals surface area contributed by atoms with Crippen molar-refractivity contribution in [1.29, 1.82) is 0 Å². The number of para-hydroxylation sites is 2. The second-order valence-electron chi connectivity index (χ2n) is 4.45. The predicted octanol–water partition coefficient (Wildman–Crippen LogP) is 2.22. The Morgan fingerprint density at radius 3 is 2.38 bits per heavy atom. The van der Waals surface area contributed by atoms with E-state index >= 15 is 0 Å². The highest BCUT2D eigenvalue weighted by Gasteiger charge is 2.12. The maximum atomic E-state index is 11.3. The number of ether oxygens (including phenoxy) is 2. The molecule has 0 heterocycles. The molecule has 0 aliphatic heterocycles. The van der Waals surface area contributed by atoms with Gasteiger partial charge in [0.2, 0.25) is 0 Å². The Bertz CT molecular complexity index is 600. The van der Waals surface area contributed by atoms with Crippen LogP contribution in [0.3, 0.4) is 0 Å². The van der Waals surface area contributed by atoms with Gasteiger partial charge in [-0.25, -0.2) is 0 Å². The van der Waals surface area contributed by atoms with E-state index < -0.39 is 5.91 Å². The first-order valence-corrected chi connectivity index (χ1v) is 6.67. The van der Waals surface area contributed by atoms with E-state index in [2.05, 4.69) is 0 Å². The molecule has 0 fully saturated rings. The van der Waals surface area contributed by atoms with E-state index in [9.17, 15) is 4.79 Å². The summed E-state index contributed by atoms with van der Waals surface area (Å²) in [5, 5.41) is 0. The summed E-state index contributed by atoms with van der Waals surface area (Å²) in [5.74, 6) is 0.595. The number of amides is 1. The van der Waals surface area contributed by atoms with Gasteiger partial charge in [-0.05, 0) is 24.3 Å². The lowest BCUT2D eigenvalue weighted by Gasteiger charge is -2.12. The molecule has 0 radical (unpaired) electrons. The van der Waals surface area contributed by atoms with E-state index in [-0.39, 0.29) is 0 Å². The normalized spacial score (nSPS) is 10.1. The minimum Gasteiger partial charge on any atom is -0.493 e. The lowest BCUT2D eigenvalue weighted by atomic mass is 10.1. The number of nitrogens with two attached hydrogens (primary N) is 2. The lowest BCUT2D eigenvalue weighted by molar-refractivity contribution is 0.0996. The fourth-order valence-corrected chi connectivity index (χ4v) is 1.85. The largest absolute Gasteiger partial charge is 0.493 e. The number of carbonyl (C=O) groups excluding carboxylic acids is 1. The topological polar surface area (TPSA) is 87.6 Å². The maximum Gasteiger partial charge on any atom is 0.252 e. The number of anilines is 1. The highest BCUT2D eigenvalue weighted by atomic mass is 16.5. The quantitative estimate of drug-likeness (QED) is 0.603. The molecule has 0 spiro atoms. The molecule has 5 nitrogen and oxygen atoms in total. The van der Waals surface area contributed by atoms with E-state index in [0.29, 0.717) is 36.6 Å². The number of primary amides is 1. The van der Waals surface area contributed by atoms with Gasteiger partial charge < -0.3 is 20.9 Å². The minimum absolute atomic E-state index is 0.291. The van der Waals surface area contributed by atoms with E-state index in [4.69, 9.17) is 20.9 Å². The van der Waals surface area contributed by atoms with Crippen LogP contribution in [0.4, 0.5) is 5.69 Å². The van der Waals surface area contributed by atoms with E-state index in [1.165, 1.54) is 0 Å². The van der Waals surface area contributed by atoms with Gasteiger partial charge in [-0.15, -0.1) is 0 Å². The Hall–Kier alpha value is -2.69. The monoisotopic (exact) mass is 286 g/mol. The molecule has 0 aliphatic carbocycles. The number of hydrogen-bond acceptors (Lipinski definition) is 4. The summed E-state index contributed by atoms with van der Waals surface area (Å²) in [4.78, 5) is 11.3. The molecule has 0 bridgehead atoms. The van der Waals surface area contributed by atoms with Crippen LogP contribution in [0, 0.1) is 0 Å². The van der Waals surface area contributed by atoms with Gasteiger partial charge in [0.05, 0.1) is 24.5 Å². The van der Waals surface area contributed by atoms with Crippen molar-refractivity contribution in [3.8, 4) is 11.5 Å². The molecular weight excluding hydrogens is 268 g/mol. The van der Waals surface area contributed by atoms with Crippen LogP contribution >= 0.6 is 0 Å². The molecule has 0 saturated carbocycles. The molecule has 2 aromatic rings. The number of carbonyl (C=O) groups is 1. The molecule has 21 heavy (non-hydrogen) atoms. The molecule has 110 valence electrons. The SMILES string of the molecule is NC(=O)c1cccc(N)c1OCCCOc1ccccc1. The third kappa shape index (κ3) is 4.14. The first-order valence-electron chi connectivity index (χ1n) is 6.67. The molecule has 1 amide bonds. The Morgan fingerprint density at radius 1 is 0.952 bits per heavy atom. The third-order valence-corrected chi connectivity index (χ3v) is 2.86. The first-order chi connectivity index (χ1) is 10.2. The van der Waals surface area contributed by atoms with Crippen LogP contribution in [0.15, 0.2) is 48.5 Å². The molecule has 0 aliphatic rings. The van der Waals surface area contributed by atoms with Crippen molar-refractivity contribution in [3.63, 3.8) is 0 Å². The first kappa shape index (κ1) is 14.7. The maximum absolute atomic E-state index is 11.3. The zero-order valence-electron chi connectivity index (χ0n) is 11.6. The third-order valence-electron chi connectivity index (χ3n) is 2.86. The van der Waals surface area contributed by atoms with Gasteiger partial charge in [-0.3, -0.25) is 4.79 Å². The number of benzene rings is 2. The van der Waals surface area contributed by atoms with Crippen LogP contribution in [-0.4, -0.2) is 19.1 Å². The van der Waals surface area contributed by atoms with Crippen LogP contribution in [-0.2, 0) is 0 Å². The zero-order chi connectivity index (χ0) is 15.1. The van der Waals surface area contributed by atoms with Gasteiger partial charge >= 0.3 is 0 Å². The standard InChI is InChI=1S/C16H18N2O3/c17-14-9-4-8-13(16(18)19)15(14)21-11-5-10-20-12-6-2-1-3-7-12/h1-4,6-9H,5,10-11,17H2,(H2,18,19). The number of nitrogen functional groups attached to an aromatic ring is 1. The Kier molecular flexibility index (Phi) is 5.04. The highest BCUT2D eigenvalue weighted by molar-refractivity contribution is 5.97. The molecule has 2 rings (SSSR count). The van der Waals surface area contributed by atoms with Crippen LogP contribution in [0.1, 0.15) is 16.8 Å². The summed E-state index contributed by atoms with van der Waals surface area (Å²) < 4.78 is 11.1. The van der Waals surface area contributed by atoms with Crippen LogP contribution < -0.4 is 20.9 Å². The Morgan fingerprint density at radius 2 is 1.67 bits per heavy atom. The summed E-state index contributed by atoms with van der Waals surface area (Å²) in [5.41, 5.74) is 11.8. The molecule has 0 aromatic heterocycles. The van der Waals surface area contributed by atoms with Gasteiger partial charge in [0.15, 0.2) is 5.75 Å². The summed E-state index contributed by atoms with van der Waals surface area (Å²) in [6, 6.07) is 14.5. The van der Waals surface area contributed by atoms with Crippen LogP contribution in [0.25, 0.3) is 0 Å². The predicted molar refractivity (Wildman–Crippen MR) is 81.4 cm³/mol. The van der Waals surface area contributed by atoms with Crippen molar-refractivity contribution in [2.45, 2.75) is 6.42 Å². The van der Waals surface area contributed by atoms with E-state index in [1.807, 2.05) is 30.3 Å². The highest BCUT2D eigenvalue weighted by Crippen LogP contribution is 2.26. The number of hydrogen-bond donors (Lipinski definition) is 2. The van der Waals surface area contributed by atoms with Crippen LogP contribution in [0.5, 0.6) is 11.5 Å². The average molecular weight is 286 g/mol. The van der Waals surface area contributed by atoms with Crippen molar-refractivity contribution in [2.75, 3.05) is 18.9 Å². The van der Waals surface area contributed by atoms with Crippen molar-refractivity contribution >= 4 is 11.6 Å². The second kappa shape index (κ2) is 7.19.